The lowest BCUT2D eigenvalue weighted by molar-refractivity contribution is 0.268. The van der Waals surface area contributed by atoms with Gasteiger partial charge in [0, 0.05) is 18.2 Å². The molecule has 0 saturated heterocycles. The first kappa shape index (κ1) is 25.1. The Morgan fingerprint density at radius 1 is 0.526 bits per heavy atom. The number of pyridine rings is 1. The van der Waals surface area contributed by atoms with Crippen molar-refractivity contribution in [1.29, 1.82) is 0 Å². The molecule has 1 heterocycles. The van der Waals surface area contributed by atoms with Crippen molar-refractivity contribution < 1.29 is 14.2 Å². The second kappa shape index (κ2) is 12.6. The van der Waals surface area contributed by atoms with Crippen LogP contribution in [0.1, 0.15) is 22.3 Å². The standard InChI is InChI=1S/C33H30N2O3/c34-21-28-18-29(20-30(19-28)36-22-25-10-4-1-5-11-25)31-16-17-32(37-23-26-12-6-2-7-13-26)35-33(31)38-24-27-14-8-3-9-15-27/h1-20H,21-24,34H2. The Kier molecular flexibility index (Phi) is 8.29. The molecule has 0 bridgehead atoms. The molecule has 2 N–H and O–H groups in total. The average Bonchev–Trinajstić information content (AvgIpc) is 2.99. The average molecular weight is 503 g/mol. The van der Waals surface area contributed by atoms with E-state index in [-0.39, 0.29) is 0 Å². The normalized spacial score (nSPS) is 10.7. The summed E-state index contributed by atoms with van der Waals surface area (Å²) in [6.07, 6.45) is 0. The second-order valence-corrected chi connectivity index (χ2v) is 8.89. The highest BCUT2D eigenvalue weighted by molar-refractivity contribution is 5.71. The maximum absolute atomic E-state index is 6.25. The van der Waals surface area contributed by atoms with Crippen molar-refractivity contribution in [2.24, 2.45) is 5.73 Å². The largest absolute Gasteiger partial charge is 0.489 e. The molecule has 0 aliphatic heterocycles. The maximum atomic E-state index is 6.25. The summed E-state index contributed by atoms with van der Waals surface area (Å²) < 4.78 is 18.4. The van der Waals surface area contributed by atoms with Gasteiger partial charge in [-0.3, -0.25) is 0 Å². The fourth-order valence-corrected chi connectivity index (χ4v) is 4.05. The molecule has 190 valence electrons. The van der Waals surface area contributed by atoms with E-state index in [1.807, 2.05) is 121 Å². The highest BCUT2D eigenvalue weighted by Gasteiger charge is 2.14. The van der Waals surface area contributed by atoms with Crippen LogP contribution in [0.15, 0.2) is 121 Å². The van der Waals surface area contributed by atoms with Crippen LogP contribution in [-0.4, -0.2) is 4.98 Å². The minimum Gasteiger partial charge on any atom is -0.489 e. The van der Waals surface area contributed by atoms with Gasteiger partial charge in [-0.2, -0.15) is 4.98 Å². The van der Waals surface area contributed by atoms with Crippen molar-refractivity contribution in [3.8, 4) is 28.6 Å². The van der Waals surface area contributed by atoms with Gasteiger partial charge in [0.05, 0.1) is 0 Å². The monoisotopic (exact) mass is 502 g/mol. The van der Waals surface area contributed by atoms with Crippen LogP contribution in [-0.2, 0) is 26.4 Å². The van der Waals surface area contributed by atoms with Crippen LogP contribution >= 0.6 is 0 Å². The highest BCUT2D eigenvalue weighted by atomic mass is 16.5. The molecule has 5 nitrogen and oxygen atoms in total. The zero-order chi connectivity index (χ0) is 26.0. The lowest BCUT2D eigenvalue weighted by Gasteiger charge is -2.15. The van der Waals surface area contributed by atoms with Crippen molar-refractivity contribution >= 4 is 0 Å². The van der Waals surface area contributed by atoms with E-state index >= 15 is 0 Å². The number of nitrogens with zero attached hydrogens (tertiary/aromatic N) is 1. The Hall–Kier alpha value is -4.61. The summed E-state index contributed by atoms with van der Waals surface area (Å²) in [7, 11) is 0. The van der Waals surface area contributed by atoms with Gasteiger partial charge in [-0.15, -0.1) is 0 Å². The minimum atomic E-state index is 0.386. The maximum Gasteiger partial charge on any atom is 0.225 e. The molecule has 0 amide bonds. The first-order valence-corrected chi connectivity index (χ1v) is 12.6. The minimum absolute atomic E-state index is 0.386. The molecule has 0 unspecified atom stereocenters. The number of hydrogen-bond donors (Lipinski definition) is 1. The van der Waals surface area contributed by atoms with Crippen molar-refractivity contribution in [2.45, 2.75) is 26.4 Å². The first-order chi connectivity index (χ1) is 18.8. The fraction of sp³-hybridized carbons (Fsp3) is 0.121. The molecule has 0 fully saturated rings. The SMILES string of the molecule is NCc1cc(OCc2ccccc2)cc(-c2ccc(OCc3ccccc3)nc2OCc2ccccc2)c1. The molecule has 0 atom stereocenters. The van der Waals surface area contributed by atoms with Gasteiger partial charge in [0.25, 0.3) is 0 Å². The van der Waals surface area contributed by atoms with E-state index in [0.717, 1.165) is 39.1 Å². The van der Waals surface area contributed by atoms with E-state index in [1.54, 1.807) is 0 Å². The lowest BCUT2D eigenvalue weighted by atomic mass is 10.0. The zero-order valence-corrected chi connectivity index (χ0v) is 21.1. The van der Waals surface area contributed by atoms with Gasteiger partial charge in [-0.05, 0) is 52.1 Å². The molecule has 0 saturated carbocycles. The van der Waals surface area contributed by atoms with Crippen molar-refractivity contribution in [2.75, 3.05) is 0 Å². The number of rotatable bonds is 11. The van der Waals surface area contributed by atoms with Crippen LogP contribution < -0.4 is 19.9 Å². The summed E-state index contributed by atoms with van der Waals surface area (Å²) in [6.45, 7) is 1.67. The Balaban J connectivity index is 1.43. The predicted octanol–water partition coefficient (Wildman–Crippen LogP) is 6.94. The first-order valence-electron chi connectivity index (χ1n) is 12.6. The molecule has 5 heteroatoms. The Labute approximate surface area is 223 Å². The summed E-state index contributed by atoms with van der Waals surface area (Å²) in [6, 6.07) is 40.0. The van der Waals surface area contributed by atoms with Gasteiger partial charge in [-0.1, -0.05) is 91.0 Å². The molecule has 0 spiro atoms. The van der Waals surface area contributed by atoms with Crippen molar-refractivity contribution in [3.63, 3.8) is 0 Å². The predicted molar refractivity (Wildman–Crippen MR) is 150 cm³/mol. The van der Waals surface area contributed by atoms with Crippen LogP contribution in [0.3, 0.4) is 0 Å². The van der Waals surface area contributed by atoms with E-state index in [9.17, 15) is 0 Å². The molecule has 0 aliphatic carbocycles. The van der Waals surface area contributed by atoms with Gasteiger partial charge in [-0.25, -0.2) is 0 Å². The highest BCUT2D eigenvalue weighted by Crippen LogP contribution is 2.34. The van der Waals surface area contributed by atoms with Crippen molar-refractivity contribution in [1.82, 2.24) is 4.98 Å². The molecule has 5 aromatic rings. The summed E-state index contributed by atoms with van der Waals surface area (Å²) in [4.78, 5) is 4.74. The molecule has 38 heavy (non-hydrogen) atoms. The Morgan fingerprint density at radius 2 is 1.08 bits per heavy atom. The summed E-state index contributed by atoms with van der Waals surface area (Å²) >= 11 is 0. The van der Waals surface area contributed by atoms with Gasteiger partial charge >= 0.3 is 0 Å². The molecule has 5 rings (SSSR count). The molecule has 1 aromatic heterocycles. The molecule has 4 aromatic carbocycles. The Morgan fingerprint density at radius 3 is 1.66 bits per heavy atom. The van der Waals surface area contributed by atoms with Crippen LogP contribution in [0.2, 0.25) is 0 Å². The van der Waals surface area contributed by atoms with E-state index in [2.05, 4.69) is 0 Å². The number of nitrogens with two attached hydrogens (primary N) is 1. The summed E-state index contributed by atoms with van der Waals surface area (Å²) in [5.41, 5.74) is 12.0. The van der Waals surface area contributed by atoms with Gasteiger partial charge in [0.2, 0.25) is 11.8 Å². The number of aromatic nitrogens is 1. The third-order valence-corrected chi connectivity index (χ3v) is 6.04. The fourth-order valence-electron chi connectivity index (χ4n) is 4.05. The lowest BCUT2D eigenvalue weighted by Crippen LogP contribution is -2.03. The number of benzene rings is 4. The van der Waals surface area contributed by atoms with E-state index < -0.39 is 0 Å². The topological polar surface area (TPSA) is 66.6 Å². The number of ether oxygens (including phenoxy) is 3. The third kappa shape index (κ3) is 6.78. The van der Waals surface area contributed by atoms with E-state index in [0.29, 0.717) is 38.1 Å². The quantitative estimate of drug-likeness (QED) is 0.212. The van der Waals surface area contributed by atoms with Gasteiger partial charge < -0.3 is 19.9 Å². The smallest absolute Gasteiger partial charge is 0.225 e. The van der Waals surface area contributed by atoms with Gasteiger partial charge in [0.15, 0.2) is 0 Å². The summed E-state index contributed by atoms with van der Waals surface area (Å²) in [5, 5.41) is 0. The van der Waals surface area contributed by atoms with E-state index in [1.165, 1.54) is 0 Å². The van der Waals surface area contributed by atoms with Crippen LogP contribution in [0, 0.1) is 0 Å². The molecule has 0 aliphatic rings. The van der Waals surface area contributed by atoms with Gasteiger partial charge in [0.1, 0.15) is 25.6 Å². The van der Waals surface area contributed by atoms with Crippen LogP contribution in [0.25, 0.3) is 11.1 Å². The van der Waals surface area contributed by atoms with E-state index in [4.69, 9.17) is 24.9 Å². The summed E-state index contributed by atoms with van der Waals surface area (Å²) in [5.74, 6) is 1.73. The third-order valence-electron chi connectivity index (χ3n) is 6.04. The zero-order valence-electron chi connectivity index (χ0n) is 21.1. The van der Waals surface area contributed by atoms with Crippen molar-refractivity contribution in [3.05, 3.63) is 144 Å². The molecule has 0 radical (unpaired) electrons. The Bertz CT molecular complexity index is 1440. The van der Waals surface area contributed by atoms with Crippen LogP contribution in [0.5, 0.6) is 17.5 Å². The molecular formula is C33H30N2O3. The van der Waals surface area contributed by atoms with Crippen LogP contribution in [0.4, 0.5) is 0 Å². The molecular weight excluding hydrogens is 472 g/mol. The number of hydrogen-bond acceptors (Lipinski definition) is 5. The second-order valence-electron chi connectivity index (χ2n) is 8.89.